The molecule has 0 aromatic heterocycles. The number of hydrogen-bond donors (Lipinski definition) is 1. The van der Waals surface area contributed by atoms with Gasteiger partial charge in [-0.25, -0.2) is 0 Å². The van der Waals surface area contributed by atoms with Crippen molar-refractivity contribution in [2.75, 3.05) is 39.3 Å². The first-order valence-electron chi connectivity index (χ1n) is 8.96. The van der Waals surface area contributed by atoms with E-state index < -0.39 is 0 Å². The molecular formula is C17H33N3O. The normalized spacial score (nSPS) is 26.4. The molecule has 0 saturated carbocycles. The molecular weight excluding hydrogens is 262 g/mol. The maximum absolute atomic E-state index is 12.7. The average Bonchev–Trinajstić information content (AvgIpc) is 2.81. The summed E-state index contributed by atoms with van der Waals surface area (Å²) in [6, 6.07) is 0.0625. The molecule has 2 aliphatic rings. The summed E-state index contributed by atoms with van der Waals surface area (Å²) in [4.78, 5) is 17.3. The van der Waals surface area contributed by atoms with Crippen LogP contribution in [0.4, 0.5) is 0 Å². The zero-order valence-corrected chi connectivity index (χ0v) is 13.9. The molecule has 1 N–H and O–H groups in total. The van der Waals surface area contributed by atoms with E-state index in [-0.39, 0.29) is 6.04 Å². The van der Waals surface area contributed by atoms with E-state index >= 15 is 0 Å². The Bertz CT molecular complexity index is 313. The Morgan fingerprint density at radius 3 is 2.52 bits per heavy atom. The van der Waals surface area contributed by atoms with Gasteiger partial charge >= 0.3 is 0 Å². The summed E-state index contributed by atoms with van der Waals surface area (Å²) in [5.41, 5.74) is 0. The fraction of sp³-hybridized carbons (Fsp3) is 0.941. The molecule has 4 nitrogen and oxygen atoms in total. The molecule has 1 amide bonds. The molecule has 21 heavy (non-hydrogen) atoms. The Labute approximate surface area is 130 Å². The molecule has 0 aromatic rings. The summed E-state index contributed by atoms with van der Waals surface area (Å²) in [5.74, 6) is 1.07. The highest BCUT2D eigenvalue weighted by Gasteiger charge is 2.29. The van der Waals surface area contributed by atoms with Crippen molar-refractivity contribution in [1.82, 2.24) is 15.1 Å². The van der Waals surface area contributed by atoms with Crippen LogP contribution < -0.4 is 5.32 Å². The number of rotatable bonds is 5. The van der Waals surface area contributed by atoms with Crippen molar-refractivity contribution in [2.45, 2.75) is 58.4 Å². The summed E-state index contributed by atoms with van der Waals surface area (Å²) in [6.07, 6.45) is 7.46. The van der Waals surface area contributed by atoms with Crippen LogP contribution >= 0.6 is 0 Å². The van der Waals surface area contributed by atoms with Crippen LogP contribution in [0.3, 0.4) is 0 Å². The predicted molar refractivity (Wildman–Crippen MR) is 87.4 cm³/mol. The van der Waals surface area contributed by atoms with Gasteiger partial charge in [0.05, 0.1) is 6.04 Å². The highest BCUT2D eigenvalue weighted by Crippen LogP contribution is 2.20. The molecule has 2 aliphatic heterocycles. The minimum absolute atomic E-state index is 0.0625. The fourth-order valence-corrected chi connectivity index (χ4v) is 3.68. The predicted octanol–water partition coefficient (Wildman–Crippen LogP) is 2.10. The molecule has 122 valence electrons. The largest absolute Gasteiger partial charge is 0.341 e. The zero-order valence-electron chi connectivity index (χ0n) is 13.9. The first kappa shape index (κ1) is 16.8. The lowest BCUT2D eigenvalue weighted by atomic mass is 9.96. The third-order valence-electron chi connectivity index (χ3n) is 5.06. The molecule has 4 heteroatoms. The van der Waals surface area contributed by atoms with E-state index in [2.05, 4.69) is 29.0 Å². The number of piperidine rings is 1. The average molecular weight is 295 g/mol. The quantitative estimate of drug-likeness (QED) is 0.844. The van der Waals surface area contributed by atoms with Crippen molar-refractivity contribution in [1.29, 1.82) is 0 Å². The van der Waals surface area contributed by atoms with Gasteiger partial charge in [0, 0.05) is 19.6 Å². The lowest BCUT2D eigenvalue weighted by Crippen LogP contribution is -2.51. The minimum Gasteiger partial charge on any atom is -0.341 e. The summed E-state index contributed by atoms with van der Waals surface area (Å²) >= 11 is 0. The summed E-state index contributed by atoms with van der Waals surface area (Å²) < 4.78 is 0. The van der Waals surface area contributed by atoms with Crippen molar-refractivity contribution in [3.05, 3.63) is 0 Å². The Hall–Kier alpha value is -0.610. The Morgan fingerprint density at radius 1 is 1.14 bits per heavy atom. The highest BCUT2D eigenvalue weighted by atomic mass is 16.2. The zero-order chi connectivity index (χ0) is 15.1. The molecule has 0 radical (unpaired) electrons. The number of nitrogens with zero attached hydrogens (tertiary/aromatic N) is 2. The van der Waals surface area contributed by atoms with Crippen LogP contribution in [0.25, 0.3) is 0 Å². The van der Waals surface area contributed by atoms with Crippen LogP contribution in [-0.2, 0) is 4.79 Å². The van der Waals surface area contributed by atoms with E-state index in [0.717, 1.165) is 39.3 Å². The van der Waals surface area contributed by atoms with Crippen molar-refractivity contribution >= 4 is 5.91 Å². The Kier molecular flexibility index (Phi) is 6.97. The van der Waals surface area contributed by atoms with Gasteiger partial charge in [0.1, 0.15) is 0 Å². The maximum atomic E-state index is 12.7. The monoisotopic (exact) mass is 295 g/mol. The van der Waals surface area contributed by atoms with Gasteiger partial charge in [-0.2, -0.15) is 0 Å². The second-order valence-electron chi connectivity index (χ2n) is 6.73. The number of carbonyl (C=O) groups is 1. The topological polar surface area (TPSA) is 35.6 Å². The van der Waals surface area contributed by atoms with Gasteiger partial charge < -0.3 is 10.2 Å². The van der Waals surface area contributed by atoms with Gasteiger partial charge in [0.25, 0.3) is 0 Å². The molecule has 2 fully saturated rings. The van der Waals surface area contributed by atoms with Gasteiger partial charge in [-0.15, -0.1) is 0 Å². The standard InChI is InChI=1S/C17H33N3O/c1-3-18-13-16-9-8-12-20(14-16)15(2)17(21)19-10-6-4-5-7-11-19/h15-16,18H,3-14H2,1-2H3. The third-order valence-corrected chi connectivity index (χ3v) is 5.06. The fourth-order valence-electron chi connectivity index (χ4n) is 3.68. The van der Waals surface area contributed by atoms with Crippen molar-refractivity contribution in [3.63, 3.8) is 0 Å². The van der Waals surface area contributed by atoms with Crippen molar-refractivity contribution in [2.24, 2.45) is 5.92 Å². The molecule has 2 atom stereocenters. The first-order valence-corrected chi connectivity index (χ1v) is 8.96. The number of carbonyl (C=O) groups excluding carboxylic acids is 1. The van der Waals surface area contributed by atoms with Crippen LogP contribution in [0.15, 0.2) is 0 Å². The third kappa shape index (κ3) is 4.96. The van der Waals surface area contributed by atoms with E-state index in [0.29, 0.717) is 11.8 Å². The van der Waals surface area contributed by atoms with Gasteiger partial charge in [0.2, 0.25) is 5.91 Å². The van der Waals surface area contributed by atoms with Crippen LogP contribution in [0, 0.1) is 5.92 Å². The summed E-state index contributed by atoms with van der Waals surface area (Å²) in [7, 11) is 0. The van der Waals surface area contributed by atoms with Gasteiger partial charge in [-0.05, 0) is 58.2 Å². The molecule has 2 saturated heterocycles. The molecule has 2 unspecified atom stereocenters. The maximum Gasteiger partial charge on any atom is 0.239 e. The lowest BCUT2D eigenvalue weighted by Gasteiger charge is -2.38. The number of nitrogens with one attached hydrogen (secondary N) is 1. The molecule has 0 aliphatic carbocycles. The van der Waals surface area contributed by atoms with Crippen molar-refractivity contribution < 1.29 is 4.79 Å². The van der Waals surface area contributed by atoms with E-state index in [9.17, 15) is 4.79 Å². The van der Waals surface area contributed by atoms with E-state index in [1.807, 2.05) is 0 Å². The van der Waals surface area contributed by atoms with E-state index in [1.54, 1.807) is 0 Å². The second-order valence-corrected chi connectivity index (χ2v) is 6.73. The number of amides is 1. The molecule has 0 bridgehead atoms. The van der Waals surface area contributed by atoms with E-state index in [1.165, 1.54) is 38.5 Å². The van der Waals surface area contributed by atoms with Gasteiger partial charge in [0.15, 0.2) is 0 Å². The van der Waals surface area contributed by atoms with Crippen LogP contribution in [-0.4, -0.2) is 61.0 Å². The summed E-state index contributed by atoms with van der Waals surface area (Å²) in [6.45, 7) is 10.5. The van der Waals surface area contributed by atoms with Gasteiger partial charge in [-0.3, -0.25) is 9.69 Å². The van der Waals surface area contributed by atoms with Gasteiger partial charge in [-0.1, -0.05) is 19.8 Å². The molecule has 2 heterocycles. The Morgan fingerprint density at radius 2 is 1.86 bits per heavy atom. The SMILES string of the molecule is CCNCC1CCCN(C(C)C(=O)N2CCCCCC2)C1. The lowest BCUT2D eigenvalue weighted by molar-refractivity contribution is -0.137. The minimum atomic E-state index is 0.0625. The van der Waals surface area contributed by atoms with Crippen LogP contribution in [0.5, 0.6) is 0 Å². The molecule has 0 aromatic carbocycles. The molecule has 0 spiro atoms. The Balaban J connectivity index is 1.85. The molecule has 2 rings (SSSR count). The number of hydrogen-bond acceptors (Lipinski definition) is 3. The van der Waals surface area contributed by atoms with Crippen LogP contribution in [0.2, 0.25) is 0 Å². The number of likely N-dealkylation sites (tertiary alicyclic amines) is 2. The smallest absolute Gasteiger partial charge is 0.239 e. The first-order chi connectivity index (χ1) is 10.2. The second kappa shape index (κ2) is 8.74. The van der Waals surface area contributed by atoms with E-state index in [4.69, 9.17) is 0 Å². The van der Waals surface area contributed by atoms with Crippen LogP contribution in [0.1, 0.15) is 52.4 Å². The highest BCUT2D eigenvalue weighted by molar-refractivity contribution is 5.81. The van der Waals surface area contributed by atoms with Crippen molar-refractivity contribution in [3.8, 4) is 0 Å². The summed E-state index contributed by atoms with van der Waals surface area (Å²) in [5, 5.41) is 3.46.